The zero-order valence-corrected chi connectivity index (χ0v) is 16.8. The number of rotatable bonds is 4. The Labute approximate surface area is 176 Å². The van der Waals surface area contributed by atoms with Crippen molar-refractivity contribution >= 4 is 40.1 Å². The van der Waals surface area contributed by atoms with Gasteiger partial charge in [0.05, 0.1) is 18.6 Å². The Morgan fingerprint density at radius 2 is 1.72 bits per heavy atom. The normalized spacial score (nSPS) is 14.2. The van der Waals surface area contributed by atoms with Crippen molar-refractivity contribution in [1.82, 2.24) is 4.90 Å². The molecule has 0 spiro atoms. The lowest BCUT2D eigenvalue weighted by atomic mass is 10.1. The van der Waals surface area contributed by atoms with Gasteiger partial charge < -0.3 is 18.8 Å². The molecule has 0 radical (unpaired) electrons. The molecule has 150 valence electrons. The van der Waals surface area contributed by atoms with Crippen LogP contribution in [0, 0.1) is 0 Å². The molecule has 1 aromatic heterocycles. The van der Waals surface area contributed by atoms with E-state index in [1.807, 2.05) is 0 Å². The first kappa shape index (κ1) is 19.8. The number of hydrogen-bond donors (Lipinski definition) is 0. The van der Waals surface area contributed by atoms with Crippen molar-refractivity contribution in [2.45, 2.75) is 0 Å². The summed E-state index contributed by atoms with van der Waals surface area (Å²) in [6, 6.07) is 11.6. The largest absolute Gasteiger partial charge is 0.476 e. The van der Waals surface area contributed by atoms with Crippen LogP contribution in [-0.2, 0) is 9.53 Å². The number of ether oxygens (including phenoxy) is 2. The van der Waals surface area contributed by atoms with Crippen LogP contribution in [0.4, 0.5) is 0 Å². The first-order valence-electron chi connectivity index (χ1n) is 9.03. The van der Waals surface area contributed by atoms with Crippen molar-refractivity contribution in [1.29, 1.82) is 0 Å². The van der Waals surface area contributed by atoms with Crippen LogP contribution in [0.5, 0.6) is 5.75 Å². The number of carbonyl (C=O) groups is 1. The van der Waals surface area contributed by atoms with Gasteiger partial charge in [0.15, 0.2) is 12.4 Å². The van der Waals surface area contributed by atoms with Gasteiger partial charge in [0, 0.05) is 28.7 Å². The van der Waals surface area contributed by atoms with E-state index in [4.69, 9.17) is 37.1 Å². The number of carbonyl (C=O) groups excluding carboxylic acids is 1. The molecular formula is C21H17Cl2NO5. The van der Waals surface area contributed by atoms with E-state index in [-0.39, 0.29) is 29.4 Å². The maximum Gasteiger partial charge on any atom is 0.260 e. The van der Waals surface area contributed by atoms with Gasteiger partial charge in [-0.2, -0.15) is 0 Å². The molecule has 1 fully saturated rings. The number of nitrogens with zero attached hydrogens (tertiary/aromatic N) is 1. The first-order valence-corrected chi connectivity index (χ1v) is 9.79. The Kier molecular flexibility index (Phi) is 5.76. The van der Waals surface area contributed by atoms with Crippen LogP contribution in [0.15, 0.2) is 51.7 Å². The zero-order valence-electron chi connectivity index (χ0n) is 15.3. The van der Waals surface area contributed by atoms with Gasteiger partial charge in [-0.1, -0.05) is 23.2 Å². The van der Waals surface area contributed by atoms with E-state index in [1.54, 1.807) is 41.3 Å². The summed E-state index contributed by atoms with van der Waals surface area (Å²) in [6.45, 7) is 1.68. The highest BCUT2D eigenvalue weighted by Gasteiger charge is 2.22. The summed E-state index contributed by atoms with van der Waals surface area (Å²) >= 11 is 12.0. The van der Waals surface area contributed by atoms with Gasteiger partial charge in [0.25, 0.3) is 5.91 Å². The second-order valence-electron chi connectivity index (χ2n) is 6.52. The molecule has 29 heavy (non-hydrogen) atoms. The molecule has 0 unspecified atom stereocenters. The molecule has 1 aliphatic rings. The highest BCUT2D eigenvalue weighted by atomic mass is 35.5. The average molecular weight is 434 g/mol. The van der Waals surface area contributed by atoms with Crippen molar-refractivity contribution in [2.75, 3.05) is 32.9 Å². The van der Waals surface area contributed by atoms with Gasteiger partial charge in [0.1, 0.15) is 5.58 Å². The Morgan fingerprint density at radius 3 is 2.45 bits per heavy atom. The highest BCUT2D eigenvalue weighted by Crippen LogP contribution is 2.32. The molecule has 6 nitrogen and oxygen atoms in total. The molecule has 8 heteroatoms. The number of benzene rings is 2. The Morgan fingerprint density at radius 1 is 1.03 bits per heavy atom. The third-order valence-electron chi connectivity index (χ3n) is 4.62. The molecular weight excluding hydrogens is 417 g/mol. The number of morpholine rings is 1. The maximum absolute atomic E-state index is 13.1. The fourth-order valence-electron chi connectivity index (χ4n) is 3.11. The van der Waals surface area contributed by atoms with Gasteiger partial charge in [-0.15, -0.1) is 0 Å². The van der Waals surface area contributed by atoms with E-state index in [1.165, 1.54) is 6.07 Å². The van der Waals surface area contributed by atoms with Gasteiger partial charge in [0.2, 0.25) is 11.2 Å². The van der Waals surface area contributed by atoms with E-state index < -0.39 is 5.43 Å². The third kappa shape index (κ3) is 4.24. The predicted molar refractivity (Wildman–Crippen MR) is 111 cm³/mol. The Balaban J connectivity index is 1.74. The summed E-state index contributed by atoms with van der Waals surface area (Å²) in [5, 5.41) is 1.23. The van der Waals surface area contributed by atoms with Crippen molar-refractivity contribution in [3.05, 3.63) is 62.7 Å². The van der Waals surface area contributed by atoms with Crippen LogP contribution in [0.25, 0.3) is 22.3 Å². The molecule has 1 saturated heterocycles. The summed E-state index contributed by atoms with van der Waals surface area (Å²) in [4.78, 5) is 27.2. The van der Waals surface area contributed by atoms with E-state index >= 15 is 0 Å². The van der Waals surface area contributed by atoms with Crippen molar-refractivity contribution < 1.29 is 18.7 Å². The van der Waals surface area contributed by atoms with Gasteiger partial charge in [-0.25, -0.2) is 0 Å². The number of hydrogen-bond acceptors (Lipinski definition) is 5. The van der Waals surface area contributed by atoms with Gasteiger partial charge >= 0.3 is 0 Å². The summed E-state index contributed by atoms with van der Waals surface area (Å²) in [6.07, 6.45) is 0. The SMILES string of the molecule is O=C(COc1c(-c2ccc(Cl)cc2)oc2ccc(Cl)cc2c1=O)N1CCOCC1. The van der Waals surface area contributed by atoms with Crippen LogP contribution >= 0.6 is 23.2 Å². The lowest BCUT2D eigenvalue weighted by molar-refractivity contribution is -0.137. The highest BCUT2D eigenvalue weighted by molar-refractivity contribution is 6.31. The van der Waals surface area contributed by atoms with Crippen molar-refractivity contribution in [3.63, 3.8) is 0 Å². The molecule has 0 saturated carbocycles. The van der Waals surface area contributed by atoms with Gasteiger partial charge in [-0.3, -0.25) is 9.59 Å². The Bertz CT molecular complexity index is 1100. The standard InChI is InChI=1S/C21H17Cl2NO5/c22-14-3-1-13(2-4-14)20-21(28-12-18(25)24-7-9-27-10-8-24)19(26)16-11-15(23)5-6-17(16)29-20/h1-6,11H,7-10,12H2. The topological polar surface area (TPSA) is 69.0 Å². The molecule has 2 aromatic carbocycles. The van der Waals surface area contributed by atoms with Crippen LogP contribution in [0.3, 0.4) is 0 Å². The Hall–Kier alpha value is -2.54. The fraction of sp³-hybridized carbons (Fsp3) is 0.238. The van der Waals surface area contributed by atoms with Crippen molar-refractivity contribution in [2.24, 2.45) is 0 Å². The fourth-order valence-corrected chi connectivity index (χ4v) is 3.41. The maximum atomic E-state index is 13.1. The molecule has 0 aliphatic carbocycles. The quantitative estimate of drug-likeness (QED) is 0.621. The summed E-state index contributed by atoms with van der Waals surface area (Å²) in [7, 11) is 0. The second kappa shape index (κ2) is 8.45. The van der Waals surface area contributed by atoms with E-state index in [2.05, 4.69) is 0 Å². The van der Waals surface area contributed by atoms with Crippen LogP contribution in [0.1, 0.15) is 0 Å². The number of halogens is 2. The predicted octanol–water partition coefficient (Wildman–Crippen LogP) is 4.00. The molecule has 1 amide bonds. The third-order valence-corrected chi connectivity index (χ3v) is 5.11. The van der Waals surface area contributed by atoms with E-state index in [0.29, 0.717) is 47.5 Å². The lowest BCUT2D eigenvalue weighted by Gasteiger charge is -2.26. The minimum absolute atomic E-state index is 0.0382. The smallest absolute Gasteiger partial charge is 0.260 e. The summed E-state index contributed by atoms with van der Waals surface area (Å²) in [5.74, 6) is -0.0269. The van der Waals surface area contributed by atoms with Crippen LogP contribution in [0.2, 0.25) is 10.0 Å². The monoisotopic (exact) mass is 433 g/mol. The molecule has 0 atom stereocenters. The van der Waals surface area contributed by atoms with E-state index in [9.17, 15) is 9.59 Å². The summed E-state index contributed by atoms with van der Waals surface area (Å²) < 4.78 is 16.9. The molecule has 4 rings (SSSR count). The van der Waals surface area contributed by atoms with E-state index in [0.717, 1.165) is 0 Å². The number of amides is 1. The minimum Gasteiger partial charge on any atom is -0.476 e. The van der Waals surface area contributed by atoms with Crippen LogP contribution in [-0.4, -0.2) is 43.7 Å². The zero-order chi connectivity index (χ0) is 20.4. The molecule has 2 heterocycles. The molecule has 0 N–H and O–H groups in total. The minimum atomic E-state index is -0.395. The second-order valence-corrected chi connectivity index (χ2v) is 7.39. The molecule has 1 aliphatic heterocycles. The molecule has 3 aromatic rings. The first-order chi connectivity index (χ1) is 14.0. The van der Waals surface area contributed by atoms with Crippen molar-refractivity contribution in [3.8, 4) is 17.1 Å². The average Bonchev–Trinajstić information content (AvgIpc) is 2.74. The lowest BCUT2D eigenvalue weighted by Crippen LogP contribution is -2.43. The molecule has 0 bridgehead atoms. The number of fused-ring (bicyclic) bond motifs is 1. The van der Waals surface area contributed by atoms with Crippen LogP contribution < -0.4 is 10.2 Å². The summed E-state index contributed by atoms with van der Waals surface area (Å²) in [5.41, 5.74) is 0.585. The van der Waals surface area contributed by atoms with Gasteiger partial charge in [-0.05, 0) is 42.5 Å².